The van der Waals surface area contributed by atoms with Crippen LogP contribution in [-0.2, 0) is 16.1 Å². The highest BCUT2D eigenvalue weighted by atomic mass is 16.5. The van der Waals surface area contributed by atoms with Crippen molar-refractivity contribution in [2.75, 3.05) is 38.7 Å². The van der Waals surface area contributed by atoms with Crippen LogP contribution in [0.15, 0.2) is 18.2 Å². The fourth-order valence-electron chi connectivity index (χ4n) is 2.00. The molecule has 0 aliphatic rings. The van der Waals surface area contributed by atoms with Gasteiger partial charge >= 0.3 is 5.97 Å². The predicted molar refractivity (Wildman–Crippen MR) is 84.3 cm³/mol. The topological polar surface area (TPSA) is 90.9 Å². The van der Waals surface area contributed by atoms with Gasteiger partial charge in [-0.15, -0.1) is 0 Å². The third-order valence-corrected chi connectivity index (χ3v) is 3.03. The summed E-state index contributed by atoms with van der Waals surface area (Å²) in [6.07, 6.45) is 0. The van der Waals surface area contributed by atoms with Crippen molar-refractivity contribution in [3.63, 3.8) is 0 Å². The van der Waals surface area contributed by atoms with Crippen molar-refractivity contribution in [3.8, 4) is 5.75 Å². The number of nitrogens with zero attached hydrogens (tertiary/aromatic N) is 1. The molecule has 7 nitrogen and oxygen atoms in total. The van der Waals surface area contributed by atoms with Crippen LogP contribution in [-0.4, -0.2) is 50.8 Å². The van der Waals surface area contributed by atoms with E-state index in [-0.39, 0.29) is 12.5 Å². The highest BCUT2D eigenvalue weighted by Crippen LogP contribution is 2.28. The lowest BCUT2D eigenvalue weighted by molar-refractivity contribution is -0.135. The van der Waals surface area contributed by atoms with Crippen molar-refractivity contribution < 1.29 is 19.4 Å². The van der Waals surface area contributed by atoms with Gasteiger partial charge in [0.2, 0.25) is 5.91 Å². The Bertz CT molecular complexity index is 520. The normalized spacial score (nSPS) is 10.1. The molecule has 0 saturated heterocycles. The molecule has 1 amide bonds. The number of anilines is 1. The monoisotopic (exact) mass is 309 g/mol. The van der Waals surface area contributed by atoms with Crippen molar-refractivity contribution in [2.24, 2.45) is 0 Å². The van der Waals surface area contributed by atoms with Gasteiger partial charge in [-0.25, -0.2) is 0 Å². The van der Waals surface area contributed by atoms with Crippen LogP contribution in [0.2, 0.25) is 0 Å². The lowest BCUT2D eigenvalue weighted by Gasteiger charge is -2.20. The maximum absolute atomic E-state index is 10.8. The van der Waals surface area contributed by atoms with Gasteiger partial charge in [0.15, 0.2) is 0 Å². The molecule has 1 rings (SSSR count). The summed E-state index contributed by atoms with van der Waals surface area (Å²) in [6, 6.07) is 5.63. The van der Waals surface area contributed by atoms with E-state index in [1.54, 1.807) is 19.1 Å². The summed E-state index contributed by atoms with van der Waals surface area (Å²) >= 11 is 0. The van der Waals surface area contributed by atoms with Crippen molar-refractivity contribution in [2.45, 2.75) is 13.5 Å². The van der Waals surface area contributed by atoms with E-state index < -0.39 is 5.97 Å². The summed E-state index contributed by atoms with van der Waals surface area (Å²) in [5, 5.41) is 14.8. The SMILES string of the molecule is COc1cc(CNCCNC(C)=O)ccc1N(C)CC(=O)O. The van der Waals surface area contributed by atoms with Gasteiger partial charge in [0.1, 0.15) is 12.3 Å². The molecular formula is C15H23N3O4. The predicted octanol–water partition coefficient (Wildman–Crippen LogP) is 0.442. The first kappa shape index (κ1) is 17.8. The molecule has 0 saturated carbocycles. The Hall–Kier alpha value is -2.28. The van der Waals surface area contributed by atoms with Crippen LogP contribution in [0.25, 0.3) is 0 Å². The Morgan fingerprint density at radius 1 is 1.32 bits per heavy atom. The first-order valence-corrected chi connectivity index (χ1v) is 6.99. The zero-order chi connectivity index (χ0) is 16.5. The molecule has 0 spiro atoms. The zero-order valence-electron chi connectivity index (χ0n) is 13.2. The number of aliphatic carboxylic acids is 1. The van der Waals surface area contributed by atoms with E-state index in [1.165, 1.54) is 6.92 Å². The molecule has 3 N–H and O–H groups in total. The summed E-state index contributed by atoms with van der Waals surface area (Å²) in [7, 11) is 3.26. The number of nitrogens with one attached hydrogen (secondary N) is 2. The Balaban J connectivity index is 2.60. The van der Waals surface area contributed by atoms with Gasteiger partial charge in [-0.05, 0) is 17.7 Å². The van der Waals surface area contributed by atoms with Crippen LogP contribution < -0.4 is 20.3 Å². The quantitative estimate of drug-likeness (QED) is 0.574. The summed E-state index contributed by atoms with van der Waals surface area (Å²) in [5.74, 6) is -0.313. The number of hydrogen-bond donors (Lipinski definition) is 3. The smallest absolute Gasteiger partial charge is 0.323 e. The van der Waals surface area contributed by atoms with Crippen LogP contribution >= 0.6 is 0 Å². The third-order valence-electron chi connectivity index (χ3n) is 3.03. The second kappa shape index (κ2) is 8.89. The van der Waals surface area contributed by atoms with Gasteiger partial charge in [0.25, 0.3) is 0 Å². The molecular weight excluding hydrogens is 286 g/mol. The zero-order valence-corrected chi connectivity index (χ0v) is 13.2. The number of rotatable bonds is 9. The fraction of sp³-hybridized carbons (Fsp3) is 0.467. The molecule has 1 aromatic rings. The molecule has 122 valence electrons. The van der Waals surface area contributed by atoms with Crippen molar-refractivity contribution >= 4 is 17.6 Å². The van der Waals surface area contributed by atoms with Gasteiger partial charge in [-0.1, -0.05) is 6.07 Å². The first-order chi connectivity index (χ1) is 10.4. The van der Waals surface area contributed by atoms with Gasteiger partial charge in [-0.3, -0.25) is 9.59 Å². The molecule has 0 bridgehead atoms. The van der Waals surface area contributed by atoms with Gasteiger partial charge < -0.3 is 25.4 Å². The fourth-order valence-corrected chi connectivity index (χ4v) is 2.00. The minimum atomic E-state index is -0.895. The number of ether oxygens (including phenoxy) is 1. The molecule has 0 heterocycles. The average molecular weight is 309 g/mol. The van der Waals surface area contributed by atoms with Crippen LogP contribution in [0.5, 0.6) is 5.75 Å². The van der Waals surface area contributed by atoms with Crippen molar-refractivity contribution in [1.29, 1.82) is 0 Å². The van der Waals surface area contributed by atoms with Gasteiger partial charge in [-0.2, -0.15) is 0 Å². The number of carbonyl (C=O) groups is 2. The van der Waals surface area contributed by atoms with Crippen molar-refractivity contribution in [1.82, 2.24) is 10.6 Å². The van der Waals surface area contributed by atoms with Crippen LogP contribution in [0, 0.1) is 0 Å². The van der Waals surface area contributed by atoms with E-state index in [4.69, 9.17) is 9.84 Å². The van der Waals surface area contributed by atoms with E-state index in [0.717, 1.165) is 11.3 Å². The number of likely N-dealkylation sites (N-methyl/N-ethyl adjacent to an activating group) is 1. The molecule has 0 unspecified atom stereocenters. The van der Waals surface area contributed by atoms with E-state index in [9.17, 15) is 9.59 Å². The molecule has 0 atom stereocenters. The number of benzene rings is 1. The molecule has 0 aliphatic heterocycles. The summed E-state index contributed by atoms with van der Waals surface area (Å²) < 4.78 is 5.33. The van der Waals surface area contributed by atoms with E-state index in [1.807, 2.05) is 18.2 Å². The number of amides is 1. The van der Waals surface area contributed by atoms with Crippen LogP contribution in [0.3, 0.4) is 0 Å². The third kappa shape index (κ3) is 6.01. The highest BCUT2D eigenvalue weighted by molar-refractivity contribution is 5.75. The molecule has 1 aromatic carbocycles. The summed E-state index contributed by atoms with van der Waals surface area (Å²) in [5.41, 5.74) is 1.75. The Morgan fingerprint density at radius 3 is 2.64 bits per heavy atom. The standard InChI is InChI=1S/C15H23N3O4/c1-11(19)17-7-6-16-9-12-4-5-13(14(8-12)22-3)18(2)10-15(20)21/h4-5,8,16H,6-7,9-10H2,1-3H3,(H,17,19)(H,20,21). The van der Waals surface area contributed by atoms with E-state index in [2.05, 4.69) is 10.6 Å². The summed E-state index contributed by atoms with van der Waals surface area (Å²) in [4.78, 5) is 23.1. The molecule has 0 radical (unpaired) electrons. The maximum atomic E-state index is 10.8. The van der Waals surface area contributed by atoms with Crippen LogP contribution in [0.1, 0.15) is 12.5 Å². The largest absolute Gasteiger partial charge is 0.495 e. The minimum absolute atomic E-state index is 0.0470. The number of carboxylic acid groups (broad SMARTS) is 1. The van der Waals surface area contributed by atoms with E-state index in [0.29, 0.717) is 25.4 Å². The number of methoxy groups -OCH3 is 1. The Labute approximate surface area is 130 Å². The lowest BCUT2D eigenvalue weighted by Crippen LogP contribution is -2.30. The number of carboxylic acids is 1. The molecule has 22 heavy (non-hydrogen) atoms. The molecule has 0 fully saturated rings. The highest BCUT2D eigenvalue weighted by Gasteiger charge is 2.11. The van der Waals surface area contributed by atoms with Crippen LogP contribution in [0.4, 0.5) is 5.69 Å². The number of hydrogen-bond acceptors (Lipinski definition) is 5. The maximum Gasteiger partial charge on any atom is 0.323 e. The molecule has 0 aromatic heterocycles. The Kier molecular flexibility index (Phi) is 7.18. The number of carbonyl (C=O) groups excluding carboxylic acids is 1. The van der Waals surface area contributed by atoms with Gasteiger partial charge in [0, 0.05) is 33.6 Å². The second-order valence-corrected chi connectivity index (χ2v) is 4.92. The average Bonchev–Trinajstić information content (AvgIpc) is 2.45. The minimum Gasteiger partial charge on any atom is -0.495 e. The van der Waals surface area contributed by atoms with Gasteiger partial charge in [0.05, 0.1) is 12.8 Å². The first-order valence-electron chi connectivity index (χ1n) is 6.99. The Morgan fingerprint density at radius 2 is 2.05 bits per heavy atom. The second-order valence-electron chi connectivity index (χ2n) is 4.92. The summed E-state index contributed by atoms with van der Waals surface area (Å²) in [6.45, 7) is 3.27. The molecule has 7 heteroatoms. The molecule has 0 aliphatic carbocycles. The van der Waals surface area contributed by atoms with E-state index >= 15 is 0 Å². The van der Waals surface area contributed by atoms with Crippen molar-refractivity contribution in [3.05, 3.63) is 23.8 Å². The lowest BCUT2D eigenvalue weighted by atomic mass is 10.1.